The Bertz CT molecular complexity index is 1050. The summed E-state index contributed by atoms with van der Waals surface area (Å²) in [5, 5.41) is 14.7. The van der Waals surface area contributed by atoms with E-state index >= 15 is 0 Å². The number of carbonyl (C=O) groups excluding carboxylic acids is 2. The molecule has 35 heavy (non-hydrogen) atoms. The fourth-order valence-corrected chi connectivity index (χ4v) is 3.92. The van der Waals surface area contributed by atoms with E-state index in [1.54, 1.807) is 6.07 Å². The van der Waals surface area contributed by atoms with E-state index in [1.807, 2.05) is 9.80 Å². The number of carbonyl (C=O) groups is 2. The molecule has 0 aromatic heterocycles. The van der Waals surface area contributed by atoms with Gasteiger partial charge in [0.05, 0.1) is 35.3 Å². The second-order valence-electron chi connectivity index (χ2n) is 8.20. The molecule has 3 N–H and O–H groups in total. The van der Waals surface area contributed by atoms with Crippen LogP contribution in [0.25, 0.3) is 0 Å². The van der Waals surface area contributed by atoms with Gasteiger partial charge in [-0.2, -0.15) is 13.2 Å². The van der Waals surface area contributed by atoms with Gasteiger partial charge in [0.15, 0.2) is 0 Å². The average molecular weight is 517 g/mol. The Morgan fingerprint density at radius 1 is 1.00 bits per heavy atom. The van der Waals surface area contributed by atoms with E-state index in [4.69, 9.17) is 11.6 Å². The predicted octanol–water partition coefficient (Wildman–Crippen LogP) is 3.44. The maximum absolute atomic E-state index is 13.6. The van der Waals surface area contributed by atoms with Gasteiger partial charge in [-0.15, -0.1) is 0 Å². The first-order valence-electron chi connectivity index (χ1n) is 10.8. The van der Waals surface area contributed by atoms with Crippen molar-refractivity contribution in [2.45, 2.75) is 18.7 Å². The Morgan fingerprint density at radius 3 is 2.31 bits per heavy atom. The summed E-state index contributed by atoms with van der Waals surface area (Å²) in [6.45, 7) is 2.27. The van der Waals surface area contributed by atoms with E-state index in [0.29, 0.717) is 26.2 Å². The van der Waals surface area contributed by atoms with Crippen LogP contribution in [-0.4, -0.2) is 72.1 Å². The van der Waals surface area contributed by atoms with Crippen LogP contribution in [0.5, 0.6) is 0 Å². The number of β-amino-alcohol motifs (C(OH)–C–C–N with tert-alkyl or cyclic N) is 1. The second-order valence-corrected chi connectivity index (χ2v) is 8.61. The van der Waals surface area contributed by atoms with Crippen LogP contribution in [0.2, 0.25) is 5.02 Å². The molecule has 1 aliphatic heterocycles. The number of benzene rings is 2. The van der Waals surface area contributed by atoms with Gasteiger partial charge in [0.2, 0.25) is 11.8 Å². The van der Waals surface area contributed by atoms with Crippen LogP contribution in [-0.2, 0) is 15.8 Å². The molecule has 0 radical (unpaired) electrons. The Morgan fingerprint density at radius 2 is 1.66 bits per heavy atom. The highest BCUT2D eigenvalue weighted by atomic mass is 35.5. The molecule has 0 bridgehead atoms. The molecule has 3 rings (SSSR count). The van der Waals surface area contributed by atoms with E-state index < -0.39 is 40.5 Å². The molecule has 12 heteroatoms. The lowest BCUT2D eigenvalue weighted by atomic mass is 10.2. The average Bonchev–Trinajstić information content (AvgIpc) is 2.77. The molecular formula is C23H25ClF4N4O3. The highest BCUT2D eigenvalue weighted by Gasteiger charge is 2.33. The number of rotatable bonds is 8. The molecule has 1 heterocycles. The summed E-state index contributed by atoms with van der Waals surface area (Å²) in [6, 6.07) is 8.92. The fraction of sp³-hybridized carbons (Fsp3) is 0.391. The number of hydrogen-bond acceptors (Lipinski definition) is 5. The first-order chi connectivity index (χ1) is 16.5. The molecule has 2 aromatic rings. The third kappa shape index (κ3) is 8.17. The highest BCUT2D eigenvalue weighted by molar-refractivity contribution is 6.31. The molecule has 0 spiro atoms. The van der Waals surface area contributed by atoms with Gasteiger partial charge in [-0.05, 0) is 30.3 Å². The largest absolute Gasteiger partial charge is 0.417 e. The smallest absolute Gasteiger partial charge is 0.391 e. The minimum absolute atomic E-state index is 0.00199. The zero-order valence-electron chi connectivity index (χ0n) is 18.6. The fourth-order valence-electron chi connectivity index (χ4n) is 3.69. The van der Waals surface area contributed by atoms with Crippen LogP contribution < -0.4 is 10.6 Å². The van der Waals surface area contributed by atoms with Crippen LogP contribution in [0.1, 0.15) is 12.0 Å². The standard InChI is InChI=1S/C23H25ClF4N4O3/c24-18-6-5-15(11-17(18)23(26,27)28)29-22(35)14-32-9-7-31(8-10-32)13-16(33)12-21(34)30-20-4-2-1-3-19(20)25/h1-6,11,16,33H,7-10,12-14H2,(H,29,35)(H,30,34). The van der Waals surface area contributed by atoms with Gasteiger partial charge >= 0.3 is 6.18 Å². The van der Waals surface area contributed by atoms with Crippen LogP contribution in [0, 0.1) is 5.82 Å². The van der Waals surface area contributed by atoms with Crippen molar-refractivity contribution in [3.63, 3.8) is 0 Å². The normalized spacial score (nSPS) is 16.1. The molecule has 0 aliphatic carbocycles. The van der Waals surface area contributed by atoms with Crippen molar-refractivity contribution in [1.82, 2.24) is 9.80 Å². The SMILES string of the molecule is O=C(CN1CCN(CC(O)CC(=O)Nc2ccccc2F)CC1)Nc1ccc(Cl)c(C(F)(F)F)c1. The van der Waals surface area contributed by atoms with Crippen molar-refractivity contribution in [2.75, 3.05) is 49.9 Å². The summed E-state index contributed by atoms with van der Waals surface area (Å²) in [5.74, 6) is -1.53. The predicted molar refractivity (Wildman–Crippen MR) is 124 cm³/mol. The van der Waals surface area contributed by atoms with E-state index in [0.717, 1.165) is 12.1 Å². The van der Waals surface area contributed by atoms with Gasteiger partial charge in [-0.25, -0.2) is 4.39 Å². The van der Waals surface area contributed by atoms with Crippen LogP contribution in [0.4, 0.5) is 28.9 Å². The Labute approximate surface area is 204 Å². The molecule has 0 saturated carbocycles. The highest BCUT2D eigenvalue weighted by Crippen LogP contribution is 2.36. The lowest BCUT2D eigenvalue weighted by molar-refractivity contribution is -0.137. The lowest BCUT2D eigenvalue weighted by Crippen LogP contribution is -2.50. The van der Waals surface area contributed by atoms with E-state index in [1.165, 1.54) is 24.3 Å². The molecule has 2 aromatic carbocycles. The number of halogens is 5. The number of amides is 2. The molecule has 2 amide bonds. The molecular weight excluding hydrogens is 492 g/mol. The van der Waals surface area contributed by atoms with E-state index in [9.17, 15) is 32.3 Å². The van der Waals surface area contributed by atoms with Gasteiger partial charge in [0.25, 0.3) is 0 Å². The number of para-hydroxylation sites is 1. The first-order valence-corrected chi connectivity index (χ1v) is 11.2. The number of piperazine rings is 1. The maximum atomic E-state index is 13.6. The lowest BCUT2D eigenvalue weighted by Gasteiger charge is -2.35. The summed E-state index contributed by atoms with van der Waals surface area (Å²) >= 11 is 5.59. The number of aliphatic hydroxyl groups is 1. The third-order valence-electron chi connectivity index (χ3n) is 5.43. The molecule has 1 atom stereocenters. The van der Waals surface area contributed by atoms with E-state index in [2.05, 4.69) is 10.6 Å². The van der Waals surface area contributed by atoms with Crippen molar-refractivity contribution in [1.29, 1.82) is 0 Å². The van der Waals surface area contributed by atoms with Gasteiger partial charge < -0.3 is 15.7 Å². The van der Waals surface area contributed by atoms with Crippen LogP contribution in [0.3, 0.4) is 0 Å². The third-order valence-corrected chi connectivity index (χ3v) is 5.76. The minimum Gasteiger partial charge on any atom is -0.391 e. The zero-order valence-corrected chi connectivity index (χ0v) is 19.4. The van der Waals surface area contributed by atoms with Crippen molar-refractivity contribution >= 4 is 34.8 Å². The number of aliphatic hydroxyl groups excluding tert-OH is 1. The molecule has 1 fully saturated rings. The van der Waals surface area contributed by atoms with E-state index in [-0.39, 0.29) is 30.9 Å². The first kappa shape index (κ1) is 26.9. The van der Waals surface area contributed by atoms with Crippen LogP contribution >= 0.6 is 11.6 Å². The van der Waals surface area contributed by atoms with Gasteiger partial charge in [-0.3, -0.25) is 19.4 Å². The molecule has 1 saturated heterocycles. The topological polar surface area (TPSA) is 84.9 Å². The summed E-state index contributed by atoms with van der Waals surface area (Å²) in [4.78, 5) is 28.1. The number of anilines is 2. The zero-order chi connectivity index (χ0) is 25.6. The second kappa shape index (κ2) is 11.8. The van der Waals surface area contributed by atoms with Crippen LogP contribution in [0.15, 0.2) is 42.5 Å². The quantitative estimate of drug-likeness (QED) is 0.468. The van der Waals surface area contributed by atoms with Gasteiger partial charge in [0, 0.05) is 38.4 Å². The Hall–Kier alpha value is -2.73. The summed E-state index contributed by atoms with van der Waals surface area (Å²) < 4.78 is 52.6. The number of nitrogens with one attached hydrogen (secondary N) is 2. The van der Waals surface area contributed by atoms with Gasteiger partial charge in [-0.1, -0.05) is 23.7 Å². The number of alkyl halides is 3. The molecule has 7 nitrogen and oxygen atoms in total. The maximum Gasteiger partial charge on any atom is 0.417 e. The summed E-state index contributed by atoms with van der Waals surface area (Å²) in [7, 11) is 0. The molecule has 1 unspecified atom stereocenters. The molecule has 190 valence electrons. The van der Waals surface area contributed by atoms with Crippen molar-refractivity contribution < 1.29 is 32.3 Å². The number of nitrogens with zero attached hydrogens (tertiary/aromatic N) is 2. The molecule has 1 aliphatic rings. The van der Waals surface area contributed by atoms with Crippen molar-refractivity contribution in [3.05, 3.63) is 58.9 Å². The summed E-state index contributed by atoms with van der Waals surface area (Å²) in [5.41, 5.74) is -0.973. The van der Waals surface area contributed by atoms with Crippen molar-refractivity contribution in [2.24, 2.45) is 0 Å². The minimum atomic E-state index is -4.63. The Balaban J connectivity index is 1.40. The summed E-state index contributed by atoms with van der Waals surface area (Å²) in [6.07, 6.45) is -5.78. The van der Waals surface area contributed by atoms with Gasteiger partial charge in [0.1, 0.15) is 5.82 Å². The monoisotopic (exact) mass is 516 g/mol. The van der Waals surface area contributed by atoms with Crippen molar-refractivity contribution in [3.8, 4) is 0 Å². The Kier molecular flexibility index (Phi) is 9.06. The number of hydrogen-bond donors (Lipinski definition) is 3.